The minimum atomic E-state index is -0.249. The van der Waals surface area contributed by atoms with Crippen LogP contribution in [0.25, 0.3) is 0 Å². The fraction of sp³-hybridized carbons (Fsp3) is 0.200. The van der Waals surface area contributed by atoms with Crippen LogP contribution in [-0.4, -0.2) is 28.1 Å². The van der Waals surface area contributed by atoms with Gasteiger partial charge < -0.3 is 0 Å². The number of carbonyl (C=O) groups excluding carboxylic acids is 1. The Labute approximate surface area is 182 Å². The van der Waals surface area contributed by atoms with Crippen molar-refractivity contribution in [2.24, 2.45) is 5.10 Å². The molecule has 1 fully saturated rings. The van der Waals surface area contributed by atoms with Crippen molar-refractivity contribution in [1.29, 1.82) is 0 Å². The molecule has 1 heterocycles. The Kier molecular flexibility index (Phi) is 5.98. The topological polar surface area (TPSA) is 35.9 Å². The average molecular weight is 418 g/mol. The summed E-state index contributed by atoms with van der Waals surface area (Å²) in [6.07, 6.45) is -0.249. The van der Waals surface area contributed by atoms with E-state index in [-0.39, 0.29) is 12.1 Å². The SMILES string of the molecule is C/C(=N/N1C(=O)CN(Cc2ccccc2)[C@@H]1c1ccc(C)cc1)c1ccc(Cl)cc1. The minimum Gasteiger partial charge on any atom is -0.271 e. The molecule has 0 aliphatic carbocycles. The third-order valence-electron chi connectivity index (χ3n) is 5.30. The lowest BCUT2D eigenvalue weighted by atomic mass is 10.1. The molecule has 0 saturated carbocycles. The molecule has 30 heavy (non-hydrogen) atoms. The van der Waals surface area contributed by atoms with Crippen molar-refractivity contribution >= 4 is 23.2 Å². The summed E-state index contributed by atoms with van der Waals surface area (Å²) in [7, 11) is 0. The zero-order valence-corrected chi connectivity index (χ0v) is 17.9. The molecule has 3 aromatic carbocycles. The van der Waals surface area contributed by atoms with E-state index >= 15 is 0 Å². The number of carbonyl (C=O) groups is 1. The molecule has 1 aliphatic rings. The maximum Gasteiger partial charge on any atom is 0.258 e. The van der Waals surface area contributed by atoms with Gasteiger partial charge in [0.1, 0.15) is 6.17 Å². The molecule has 0 radical (unpaired) electrons. The van der Waals surface area contributed by atoms with E-state index in [9.17, 15) is 4.79 Å². The lowest BCUT2D eigenvalue weighted by Crippen LogP contribution is -2.29. The summed E-state index contributed by atoms with van der Waals surface area (Å²) in [5, 5.41) is 7.04. The molecule has 1 atom stereocenters. The van der Waals surface area contributed by atoms with Crippen LogP contribution in [0.3, 0.4) is 0 Å². The lowest BCUT2D eigenvalue weighted by molar-refractivity contribution is -0.128. The Morgan fingerprint density at radius 2 is 1.67 bits per heavy atom. The standard InChI is InChI=1S/C25H24ClN3O/c1-18-8-10-22(11-9-18)25-28(16-20-6-4-3-5-7-20)17-24(30)29(25)27-19(2)21-12-14-23(26)15-13-21/h3-15,25H,16-17H2,1-2H3/b27-19-/t25-/m0/s1. The highest BCUT2D eigenvalue weighted by Crippen LogP contribution is 2.33. The summed E-state index contributed by atoms with van der Waals surface area (Å²) in [4.78, 5) is 15.2. The van der Waals surface area contributed by atoms with Gasteiger partial charge in [0.15, 0.2) is 0 Å². The number of rotatable bonds is 5. The van der Waals surface area contributed by atoms with Gasteiger partial charge in [0.05, 0.1) is 12.3 Å². The van der Waals surface area contributed by atoms with E-state index in [1.807, 2.05) is 49.4 Å². The van der Waals surface area contributed by atoms with E-state index in [0.29, 0.717) is 18.1 Å². The van der Waals surface area contributed by atoms with Crippen molar-refractivity contribution in [3.8, 4) is 0 Å². The Morgan fingerprint density at radius 1 is 1.00 bits per heavy atom. The van der Waals surface area contributed by atoms with E-state index in [2.05, 4.69) is 48.2 Å². The maximum atomic E-state index is 13.0. The molecule has 0 unspecified atom stereocenters. The summed E-state index contributed by atoms with van der Waals surface area (Å²) in [6.45, 7) is 4.98. The van der Waals surface area contributed by atoms with Gasteiger partial charge in [-0.05, 0) is 42.7 Å². The van der Waals surface area contributed by atoms with Gasteiger partial charge in [0, 0.05) is 11.6 Å². The fourth-order valence-electron chi connectivity index (χ4n) is 3.70. The summed E-state index contributed by atoms with van der Waals surface area (Å²) in [6, 6.07) is 26.0. The summed E-state index contributed by atoms with van der Waals surface area (Å²) >= 11 is 6.01. The number of benzene rings is 3. The molecule has 1 amide bonds. The van der Waals surface area contributed by atoms with E-state index in [4.69, 9.17) is 16.7 Å². The smallest absolute Gasteiger partial charge is 0.258 e. The van der Waals surface area contributed by atoms with Gasteiger partial charge in [0.25, 0.3) is 5.91 Å². The quantitative estimate of drug-likeness (QED) is 0.520. The normalized spacial score (nSPS) is 17.6. The molecular weight excluding hydrogens is 394 g/mol. The first-order chi connectivity index (χ1) is 14.5. The first-order valence-corrected chi connectivity index (χ1v) is 10.4. The molecule has 0 N–H and O–H groups in total. The molecule has 1 aliphatic heterocycles. The van der Waals surface area contributed by atoms with Crippen LogP contribution in [-0.2, 0) is 11.3 Å². The van der Waals surface area contributed by atoms with Crippen molar-refractivity contribution in [1.82, 2.24) is 9.91 Å². The summed E-state index contributed by atoms with van der Waals surface area (Å²) in [5.41, 5.74) is 5.12. The van der Waals surface area contributed by atoms with Crippen LogP contribution in [0.15, 0.2) is 84.0 Å². The second-order valence-corrected chi connectivity index (χ2v) is 8.04. The molecule has 5 heteroatoms. The van der Waals surface area contributed by atoms with Gasteiger partial charge in [-0.15, -0.1) is 0 Å². The second-order valence-electron chi connectivity index (χ2n) is 7.61. The molecule has 4 rings (SSSR count). The molecular formula is C25H24ClN3O. The molecule has 0 aromatic heterocycles. The number of hydrazone groups is 1. The van der Waals surface area contributed by atoms with Crippen LogP contribution >= 0.6 is 11.6 Å². The van der Waals surface area contributed by atoms with Crippen LogP contribution < -0.4 is 0 Å². The van der Waals surface area contributed by atoms with Crippen LogP contribution in [0.1, 0.15) is 35.3 Å². The highest BCUT2D eigenvalue weighted by atomic mass is 35.5. The monoisotopic (exact) mass is 417 g/mol. The summed E-state index contributed by atoms with van der Waals surface area (Å²) < 4.78 is 0. The lowest BCUT2D eigenvalue weighted by Gasteiger charge is -2.28. The minimum absolute atomic E-state index is 0.00943. The van der Waals surface area contributed by atoms with E-state index in [1.165, 1.54) is 11.1 Å². The van der Waals surface area contributed by atoms with Crippen LogP contribution in [0.5, 0.6) is 0 Å². The average Bonchev–Trinajstić information content (AvgIpc) is 3.04. The van der Waals surface area contributed by atoms with Crippen LogP contribution in [0, 0.1) is 6.92 Å². The third kappa shape index (κ3) is 4.45. The van der Waals surface area contributed by atoms with Gasteiger partial charge in [0.2, 0.25) is 0 Å². The first kappa shape index (κ1) is 20.3. The Balaban J connectivity index is 1.69. The molecule has 0 bridgehead atoms. The molecule has 0 spiro atoms. The van der Waals surface area contributed by atoms with Crippen molar-refractivity contribution in [3.05, 3.63) is 106 Å². The third-order valence-corrected chi connectivity index (χ3v) is 5.55. The number of hydrogen-bond donors (Lipinski definition) is 0. The highest BCUT2D eigenvalue weighted by Gasteiger charge is 2.39. The van der Waals surface area contributed by atoms with Gasteiger partial charge in [-0.1, -0.05) is 83.9 Å². The fourth-order valence-corrected chi connectivity index (χ4v) is 3.82. The van der Waals surface area contributed by atoms with Crippen molar-refractivity contribution in [2.75, 3.05) is 6.54 Å². The first-order valence-electron chi connectivity index (χ1n) is 9.99. The zero-order valence-electron chi connectivity index (χ0n) is 17.1. The number of aryl methyl sites for hydroxylation is 1. The van der Waals surface area contributed by atoms with Gasteiger partial charge in [-0.25, -0.2) is 5.01 Å². The van der Waals surface area contributed by atoms with E-state index < -0.39 is 0 Å². The van der Waals surface area contributed by atoms with Crippen LogP contribution in [0.4, 0.5) is 0 Å². The van der Waals surface area contributed by atoms with Crippen LogP contribution in [0.2, 0.25) is 5.02 Å². The molecule has 1 saturated heterocycles. The highest BCUT2D eigenvalue weighted by molar-refractivity contribution is 6.30. The second kappa shape index (κ2) is 8.82. The molecule has 4 nitrogen and oxygen atoms in total. The number of nitrogens with zero attached hydrogens (tertiary/aromatic N) is 3. The number of hydrogen-bond acceptors (Lipinski definition) is 3. The predicted octanol–water partition coefficient (Wildman–Crippen LogP) is 5.42. The number of amides is 1. The van der Waals surface area contributed by atoms with Gasteiger partial charge in [-0.2, -0.15) is 5.10 Å². The van der Waals surface area contributed by atoms with Crippen molar-refractivity contribution < 1.29 is 4.79 Å². The van der Waals surface area contributed by atoms with Gasteiger partial charge >= 0.3 is 0 Å². The Hall–Kier alpha value is -2.95. The molecule has 152 valence electrons. The maximum absolute atomic E-state index is 13.0. The molecule has 3 aromatic rings. The van der Waals surface area contributed by atoms with E-state index in [0.717, 1.165) is 16.8 Å². The Morgan fingerprint density at radius 3 is 2.33 bits per heavy atom. The summed E-state index contributed by atoms with van der Waals surface area (Å²) in [5.74, 6) is -0.00943. The van der Waals surface area contributed by atoms with Gasteiger partial charge in [-0.3, -0.25) is 9.69 Å². The number of halogens is 1. The Bertz CT molecular complexity index is 1050. The van der Waals surface area contributed by atoms with Crippen molar-refractivity contribution in [2.45, 2.75) is 26.6 Å². The zero-order chi connectivity index (χ0) is 21.1. The largest absolute Gasteiger partial charge is 0.271 e. The van der Waals surface area contributed by atoms with E-state index in [1.54, 1.807) is 5.01 Å². The predicted molar refractivity (Wildman–Crippen MR) is 121 cm³/mol. The van der Waals surface area contributed by atoms with Crippen molar-refractivity contribution in [3.63, 3.8) is 0 Å².